The van der Waals surface area contributed by atoms with E-state index >= 15 is 0 Å². The molecule has 2 aromatic rings. The monoisotopic (exact) mass is 341 g/mol. The third kappa shape index (κ3) is 3.15. The van der Waals surface area contributed by atoms with Crippen LogP contribution < -0.4 is 4.74 Å². The quantitative estimate of drug-likeness (QED) is 0.801. The first kappa shape index (κ1) is 16.5. The van der Waals surface area contributed by atoms with Gasteiger partial charge in [0, 0.05) is 30.7 Å². The van der Waals surface area contributed by atoms with Gasteiger partial charge >= 0.3 is 0 Å². The fraction of sp³-hybridized carbons (Fsp3) is 0.263. The van der Waals surface area contributed by atoms with Crippen LogP contribution in [0.15, 0.2) is 41.0 Å². The van der Waals surface area contributed by atoms with Gasteiger partial charge in [0.1, 0.15) is 17.4 Å². The van der Waals surface area contributed by atoms with Gasteiger partial charge in [-0.3, -0.25) is 4.99 Å². The first-order chi connectivity index (χ1) is 11.5. The van der Waals surface area contributed by atoms with Crippen LogP contribution >= 0.6 is 11.6 Å². The average Bonchev–Trinajstić information content (AvgIpc) is 2.53. The molecule has 1 aliphatic rings. The van der Waals surface area contributed by atoms with Crippen LogP contribution in [0.2, 0.25) is 5.02 Å². The second kappa shape index (κ2) is 6.65. The Morgan fingerprint density at radius 1 is 1.12 bits per heavy atom. The number of benzene rings is 1. The molecule has 0 saturated heterocycles. The Hall–Kier alpha value is -2.33. The summed E-state index contributed by atoms with van der Waals surface area (Å²) >= 11 is 6.26. The van der Waals surface area contributed by atoms with Crippen LogP contribution in [0, 0.1) is 13.8 Å². The standard InChI is InChI=1S/C19H20ClN3O/c1-12-7-8-22-19(17(12)20)24-15-5-6-16(13(2)9-15)18-14(3)10-21-11-23(18)4/h5-10H,11H2,1-4H3. The molecule has 0 amide bonds. The smallest absolute Gasteiger partial charge is 0.238 e. The van der Waals surface area contributed by atoms with Crippen molar-refractivity contribution in [2.45, 2.75) is 20.8 Å². The van der Waals surface area contributed by atoms with Gasteiger partial charge in [0.05, 0.1) is 0 Å². The number of aryl methyl sites for hydroxylation is 2. The maximum Gasteiger partial charge on any atom is 0.238 e. The third-order valence-electron chi connectivity index (χ3n) is 4.05. The molecule has 0 saturated carbocycles. The maximum atomic E-state index is 6.26. The molecule has 0 aliphatic carbocycles. The topological polar surface area (TPSA) is 37.7 Å². The van der Waals surface area contributed by atoms with Crippen LogP contribution in [0.5, 0.6) is 11.6 Å². The van der Waals surface area contributed by atoms with Crippen LogP contribution in [0.25, 0.3) is 5.70 Å². The summed E-state index contributed by atoms with van der Waals surface area (Å²) in [6.07, 6.45) is 3.62. The van der Waals surface area contributed by atoms with Crippen molar-refractivity contribution >= 4 is 23.5 Å². The second-order valence-corrected chi connectivity index (χ2v) is 6.39. The zero-order valence-electron chi connectivity index (χ0n) is 14.3. The van der Waals surface area contributed by atoms with Crippen molar-refractivity contribution in [3.8, 4) is 11.6 Å². The van der Waals surface area contributed by atoms with Crippen molar-refractivity contribution in [3.63, 3.8) is 0 Å². The minimum atomic E-state index is 0.432. The molecule has 0 fully saturated rings. The van der Waals surface area contributed by atoms with E-state index in [-0.39, 0.29) is 0 Å². The van der Waals surface area contributed by atoms with Crippen molar-refractivity contribution in [1.29, 1.82) is 0 Å². The summed E-state index contributed by atoms with van der Waals surface area (Å²) in [6, 6.07) is 7.89. The van der Waals surface area contributed by atoms with E-state index in [0.29, 0.717) is 17.6 Å². The number of hydrogen-bond acceptors (Lipinski definition) is 4. The molecule has 124 valence electrons. The number of halogens is 1. The number of pyridine rings is 1. The highest BCUT2D eigenvalue weighted by Gasteiger charge is 2.16. The van der Waals surface area contributed by atoms with Crippen molar-refractivity contribution in [2.24, 2.45) is 4.99 Å². The maximum absolute atomic E-state index is 6.26. The molecule has 1 aromatic heterocycles. The van der Waals surface area contributed by atoms with E-state index in [4.69, 9.17) is 16.3 Å². The van der Waals surface area contributed by atoms with E-state index in [9.17, 15) is 0 Å². The van der Waals surface area contributed by atoms with Crippen LogP contribution in [0.3, 0.4) is 0 Å². The lowest BCUT2D eigenvalue weighted by Crippen LogP contribution is -2.22. The molecule has 1 aliphatic heterocycles. The summed E-state index contributed by atoms with van der Waals surface area (Å²) in [5, 5.41) is 0.543. The second-order valence-electron chi connectivity index (χ2n) is 6.01. The molecule has 0 spiro atoms. The fourth-order valence-electron chi connectivity index (χ4n) is 2.81. The Balaban J connectivity index is 1.93. The lowest BCUT2D eigenvalue weighted by atomic mass is 10.0. The normalized spacial score (nSPS) is 14.3. The molecular formula is C19H20ClN3O. The fourth-order valence-corrected chi connectivity index (χ4v) is 2.96. The van der Waals surface area contributed by atoms with E-state index in [1.54, 1.807) is 6.20 Å². The molecule has 0 radical (unpaired) electrons. The minimum absolute atomic E-state index is 0.432. The van der Waals surface area contributed by atoms with Gasteiger partial charge in [0.25, 0.3) is 0 Å². The zero-order chi connectivity index (χ0) is 17.3. The Morgan fingerprint density at radius 2 is 1.92 bits per heavy atom. The SMILES string of the molecule is CC1=C(c2ccc(Oc3nccc(C)c3Cl)cc2C)N(C)CN=C1. The molecule has 5 heteroatoms. The molecule has 0 unspecified atom stereocenters. The predicted octanol–water partition coefficient (Wildman–Crippen LogP) is 4.85. The zero-order valence-corrected chi connectivity index (χ0v) is 15.1. The van der Waals surface area contributed by atoms with Crippen molar-refractivity contribution in [3.05, 3.63) is 57.7 Å². The number of aromatic nitrogens is 1. The third-order valence-corrected chi connectivity index (χ3v) is 4.51. The van der Waals surface area contributed by atoms with Gasteiger partial charge < -0.3 is 9.64 Å². The highest BCUT2D eigenvalue weighted by Crippen LogP contribution is 2.33. The minimum Gasteiger partial charge on any atom is -0.438 e. The molecule has 0 bridgehead atoms. The van der Waals surface area contributed by atoms with Crippen molar-refractivity contribution in [1.82, 2.24) is 9.88 Å². The van der Waals surface area contributed by atoms with Crippen LogP contribution in [-0.4, -0.2) is 29.8 Å². The first-order valence-corrected chi connectivity index (χ1v) is 8.17. The molecule has 1 aromatic carbocycles. The highest BCUT2D eigenvalue weighted by molar-refractivity contribution is 6.32. The summed E-state index contributed by atoms with van der Waals surface area (Å²) in [6.45, 7) is 6.76. The Labute approximate surface area is 147 Å². The lowest BCUT2D eigenvalue weighted by molar-refractivity contribution is 0.462. The van der Waals surface area contributed by atoms with E-state index in [1.807, 2.05) is 31.3 Å². The number of ether oxygens (including phenoxy) is 1. The van der Waals surface area contributed by atoms with Crippen molar-refractivity contribution in [2.75, 3.05) is 13.7 Å². The van der Waals surface area contributed by atoms with Gasteiger partial charge in [0.15, 0.2) is 0 Å². The number of aliphatic imine (C=N–C) groups is 1. The summed E-state index contributed by atoms with van der Waals surface area (Å²) in [5.41, 5.74) is 5.60. The molecule has 0 N–H and O–H groups in total. The number of rotatable bonds is 3. The van der Waals surface area contributed by atoms with Gasteiger partial charge in [-0.05, 0) is 61.7 Å². The van der Waals surface area contributed by atoms with Gasteiger partial charge in [-0.2, -0.15) is 0 Å². The number of allylic oxidation sites excluding steroid dienone is 1. The molecule has 2 heterocycles. The average molecular weight is 342 g/mol. The Bertz CT molecular complexity index is 843. The molecule has 3 rings (SSSR count). The molecule has 24 heavy (non-hydrogen) atoms. The van der Waals surface area contributed by atoms with E-state index in [2.05, 4.69) is 41.8 Å². The number of nitrogens with zero attached hydrogens (tertiary/aromatic N) is 3. The predicted molar refractivity (Wildman–Crippen MR) is 99.0 cm³/mol. The lowest BCUT2D eigenvalue weighted by Gasteiger charge is -2.27. The van der Waals surface area contributed by atoms with Gasteiger partial charge in [-0.1, -0.05) is 11.6 Å². The first-order valence-electron chi connectivity index (χ1n) is 7.79. The van der Waals surface area contributed by atoms with E-state index in [0.717, 1.165) is 22.4 Å². The summed E-state index contributed by atoms with van der Waals surface area (Å²) in [7, 11) is 2.05. The largest absolute Gasteiger partial charge is 0.438 e. The Morgan fingerprint density at radius 3 is 2.62 bits per heavy atom. The van der Waals surface area contributed by atoms with Gasteiger partial charge in [-0.25, -0.2) is 4.98 Å². The van der Waals surface area contributed by atoms with Crippen LogP contribution in [0.4, 0.5) is 0 Å². The highest BCUT2D eigenvalue weighted by atomic mass is 35.5. The van der Waals surface area contributed by atoms with Crippen LogP contribution in [0.1, 0.15) is 23.6 Å². The van der Waals surface area contributed by atoms with Gasteiger partial charge in [0.2, 0.25) is 5.88 Å². The molecular weight excluding hydrogens is 322 g/mol. The number of hydrogen-bond donors (Lipinski definition) is 0. The van der Waals surface area contributed by atoms with Crippen molar-refractivity contribution < 1.29 is 4.74 Å². The molecule has 4 nitrogen and oxygen atoms in total. The van der Waals surface area contributed by atoms with Crippen LogP contribution in [-0.2, 0) is 0 Å². The summed E-state index contributed by atoms with van der Waals surface area (Å²) in [5.74, 6) is 1.16. The summed E-state index contributed by atoms with van der Waals surface area (Å²) < 4.78 is 5.87. The van der Waals surface area contributed by atoms with E-state index < -0.39 is 0 Å². The van der Waals surface area contributed by atoms with Gasteiger partial charge in [-0.15, -0.1) is 0 Å². The molecule has 0 atom stereocenters. The summed E-state index contributed by atoms with van der Waals surface area (Å²) in [4.78, 5) is 10.7. The Kier molecular flexibility index (Phi) is 4.58. The van der Waals surface area contributed by atoms with E-state index in [1.165, 1.54) is 11.3 Å².